The Bertz CT molecular complexity index is 663. The fraction of sp³-hybridized carbons (Fsp3) is 0.500. The van der Waals surface area contributed by atoms with E-state index >= 15 is 0 Å². The Morgan fingerprint density at radius 1 is 1.23 bits per heavy atom. The number of likely N-dealkylation sites (N-methyl/N-ethyl adjacent to an activating group) is 1. The Morgan fingerprint density at radius 2 is 1.95 bits per heavy atom. The van der Waals surface area contributed by atoms with Gasteiger partial charge in [-0.15, -0.1) is 0 Å². The summed E-state index contributed by atoms with van der Waals surface area (Å²) in [5.74, 6) is 0.962. The molecule has 0 spiro atoms. The Kier molecular flexibility index (Phi) is 4.32. The first-order valence-electron chi connectivity index (χ1n) is 8.12. The van der Waals surface area contributed by atoms with Gasteiger partial charge in [0.05, 0.1) is 11.6 Å². The minimum absolute atomic E-state index is 0.452. The average Bonchev–Trinajstić information content (AvgIpc) is 2.54. The van der Waals surface area contributed by atoms with Crippen LogP contribution < -0.4 is 4.90 Å². The molecule has 4 nitrogen and oxygen atoms in total. The van der Waals surface area contributed by atoms with Crippen molar-refractivity contribution in [2.45, 2.75) is 26.4 Å². The third-order valence-corrected chi connectivity index (χ3v) is 4.60. The molecule has 0 amide bonds. The molecule has 1 atom stereocenters. The molecule has 118 valence electrons. The Labute approximate surface area is 132 Å². The number of rotatable bonds is 3. The predicted molar refractivity (Wildman–Crippen MR) is 91.4 cm³/mol. The molecule has 22 heavy (non-hydrogen) atoms. The molecule has 1 aliphatic rings. The van der Waals surface area contributed by atoms with Gasteiger partial charge < -0.3 is 14.9 Å². The van der Waals surface area contributed by atoms with E-state index in [0.29, 0.717) is 6.42 Å². The van der Waals surface area contributed by atoms with Crippen molar-refractivity contribution < 1.29 is 5.11 Å². The summed E-state index contributed by atoms with van der Waals surface area (Å²) in [4.78, 5) is 9.59. The lowest BCUT2D eigenvalue weighted by atomic mass is 10.0. The molecule has 2 aromatic rings. The lowest BCUT2D eigenvalue weighted by Gasteiger charge is -2.35. The largest absolute Gasteiger partial charge is 0.388 e. The van der Waals surface area contributed by atoms with Crippen molar-refractivity contribution in [1.82, 2.24) is 9.88 Å². The third-order valence-electron chi connectivity index (χ3n) is 4.60. The molecule has 1 unspecified atom stereocenters. The Morgan fingerprint density at radius 3 is 2.64 bits per heavy atom. The number of piperazine rings is 1. The van der Waals surface area contributed by atoms with E-state index in [9.17, 15) is 5.11 Å². The highest BCUT2D eigenvalue weighted by Gasteiger charge is 2.22. The summed E-state index contributed by atoms with van der Waals surface area (Å²) in [5, 5.41) is 11.6. The molecule has 0 saturated carbocycles. The molecule has 1 fully saturated rings. The summed E-state index contributed by atoms with van der Waals surface area (Å²) in [6.45, 7) is 8.11. The first-order valence-corrected chi connectivity index (χ1v) is 8.12. The second-order valence-corrected chi connectivity index (χ2v) is 6.26. The molecule has 1 N–H and O–H groups in total. The van der Waals surface area contributed by atoms with Gasteiger partial charge in [0.1, 0.15) is 5.82 Å². The molecule has 4 heteroatoms. The zero-order chi connectivity index (χ0) is 15.7. The van der Waals surface area contributed by atoms with E-state index in [4.69, 9.17) is 4.98 Å². The van der Waals surface area contributed by atoms with Crippen LogP contribution in [-0.4, -0.2) is 48.2 Å². The van der Waals surface area contributed by atoms with Gasteiger partial charge in [-0.25, -0.2) is 4.98 Å². The maximum atomic E-state index is 10.4. The van der Waals surface area contributed by atoms with Gasteiger partial charge in [0.2, 0.25) is 0 Å². The number of hydrogen-bond donors (Lipinski definition) is 1. The van der Waals surface area contributed by atoms with Crippen molar-refractivity contribution in [2.24, 2.45) is 0 Å². The Balaban J connectivity index is 2.10. The maximum absolute atomic E-state index is 10.4. The first kappa shape index (κ1) is 15.3. The van der Waals surface area contributed by atoms with Gasteiger partial charge in [0.15, 0.2) is 0 Å². The van der Waals surface area contributed by atoms with Crippen LogP contribution >= 0.6 is 0 Å². The molecular weight excluding hydrogens is 274 g/mol. The lowest BCUT2D eigenvalue weighted by molar-refractivity contribution is 0.173. The molecule has 1 aliphatic heterocycles. The van der Waals surface area contributed by atoms with Crippen LogP contribution in [0.1, 0.15) is 30.6 Å². The highest BCUT2D eigenvalue weighted by Crippen LogP contribution is 2.31. The van der Waals surface area contributed by atoms with E-state index in [1.54, 1.807) is 0 Å². The number of para-hydroxylation sites is 1. The fourth-order valence-corrected chi connectivity index (χ4v) is 3.09. The van der Waals surface area contributed by atoms with Crippen molar-refractivity contribution in [3.05, 3.63) is 35.4 Å². The van der Waals surface area contributed by atoms with Gasteiger partial charge in [-0.05, 0) is 32.0 Å². The van der Waals surface area contributed by atoms with Crippen molar-refractivity contribution in [3.8, 4) is 0 Å². The molecule has 0 bridgehead atoms. The number of pyridine rings is 1. The zero-order valence-corrected chi connectivity index (χ0v) is 13.7. The van der Waals surface area contributed by atoms with Crippen LogP contribution in [0.25, 0.3) is 10.9 Å². The molecule has 3 rings (SSSR count). The van der Waals surface area contributed by atoms with E-state index in [-0.39, 0.29) is 0 Å². The first-order chi connectivity index (χ1) is 10.6. The van der Waals surface area contributed by atoms with E-state index < -0.39 is 6.10 Å². The van der Waals surface area contributed by atoms with E-state index in [0.717, 1.165) is 48.5 Å². The van der Waals surface area contributed by atoms with Gasteiger partial charge in [-0.2, -0.15) is 0 Å². The van der Waals surface area contributed by atoms with Gasteiger partial charge in [0, 0.05) is 37.1 Å². The predicted octanol–water partition coefficient (Wildman–Crippen LogP) is 2.74. The van der Waals surface area contributed by atoms with Crippen LogP contribution in [0, 0.1) is 6.92 Å². The van der Waals surface area contributed by atoms with Crippen molar-refractivity contribution in [3.63, 3.8) is 0 Å². The van der Waals surface area contributed by atoms with Gasteiger partial charge >= 0.3 is 0 Å². The van der Waals surface area contributed by atoms with Crippen molar-refractivity contribution in [1.29, 1.82) is 0 Å². The molecule has 1 aromatic heterocycles. The third kappa shape index (κ3) is 2.81. The monoisotopic (exact) mass is 299 g/mol. The number of aliphatic hydroxyl groups is 1. The molecule has 1 aromatic carbocycles. The SMILES string of the molecule is CCC(O)c1cc2cccc(C)c2nc1N1CCN(C)CC1. The molecule has 0 aliphatic carbocycles. The minimum Gasteiger partial charge on any atom is -0.388 e. The normalized spacial score (nSPS) is 17.9. The number of fused-ring (bicyclic) bond motifs is 1. The second-order valence-electron chi connectivity index (χ2n) is 6.26. The van der Waals surface area contributed by atoms with Gasteiger partial charge in [-0.3, -0.25) is 0 Å². The van der Waals surface area contributed by atoms with Gasteiger partial charge in [-0.1, -0.05) is 25.1 Å². The molecule has 2 heterocycles. The van der Waals surface area contributed by atoms with E-state index in [1.165, 1.54) is 5.56 Å². The van der Waals surface area contributed by atoms with Crippen LogP contribution in [0.2, 0.25) is 0 Å². The highest BCUT2D eigenvalue weighted by atomic mass is 16.3. The summed E-state index contributed by atoms with van der Waals surface area (Å²) in [6, 6.07) is 8.35. The number of aromatic nitrogens is 1. The summed E-state index contributed by atoms with van der Waals surface area (Å²) < 4.78 is 0. The topological polar surface area (TPSA) is 39.6 Å². The molecular formula is C18H25N3O. The van der Waals surface area contributed by atoms with Crippen LogP contribution in [0.3, 0.4) is 0 Å². The highest BCUT2D eigenvalue weighted by molar-refractivity contribution is 5.84. The van der Waals surface area contributed by atoms with Crippen LogP contribution in [0.4, 0.5) is 5.82 Å². The average molecular weight is 299 g/mol. The van der Waals surface area contributed by atoms with E-state index in [1.807, 2.05) is 6.92 Å². The molecule has 0 radical (unpaired) electrons. The van der Waals surface area contributed by atoms with Crippen LogP contribution in [0.15, 0.2) is 24.3 Å². The maximum Gasteiger partial charge on any atom is 0.135 e. The Hall–Kier alpha value is -1.65. The standard InChI is InChI=1S/C18H25N3O/c1-4-16(22)15-12-14-7-5-6-13(2)17(14)19-18(15)21-10-8-20(3)9-11-21/h5-7,12,16,22H,4,8-11H2,1-3H3. The number of nitrogens with zero attached hydrogens (tertiary/aromatic N) is 3. The van der Waals surface area contributed by atoms with E-state index in [2.05, 4.69) is 48.0 Å². The van der Waals surface area contributed by atoms with Crippen LogP contribution in [0.5, 0.6) is 0 Å². The summed E-state index contributed by atoms with van der Waals surface area (Å²) in [7, 11) is 2.15. The quantitative estimate of drug-likeness (QED) is 0.946. The van der Waals surface area contributed by atoms with Crippen molar-refractivity contribution >= 4 is 16.7 Å². The van der Waals surface area contributed by atoms with Crippen molar-refractivity contribution in [2.75, 3.05) is 38.1 Å². The number of aliphatic hydroxyl groups excluding tert-OH is 1. The number of benzene rings is 1. The summed E-state index contributed by atoms with van der Waals surface area (Å²) in [6.07, 6.45) is 0.256. The lowest BCUT2D eigenvalue weighted by Crippen LogP contribution is -2.45. The smallest absolute Gasteiger partial charge is 0.135 e. The fourth-order valence-electron chi connectivity index (χ4n) is 3.09. The zero-order valence-electron chi connectivity index (χ0n) is 13.7. The second kappa shape index (κ2) is 6.23. The number of aryl methyl sites for hydroxylation is 1. The summed E-state index contributed by atoms with van der Waals surface area (Å²) >= 11 is 0. The summed E-state index contributed by atoms with van der Waals surface area (Å²) in [5.41, 5.74) is 3.19. The van der Waals surface area contributed by atoms with Crippen LogP contribution in [-0.2, 0) is 0 Å². The number of hydrogen-bond acceptors (Lipinski definition) is 4. The minimum atomic E-state index is -0.452. The number of anilines is 1. The van der Waals surface area contributed by atoms with Gasteiger partial charge in [0.25, 0.3) is 0 Å². The molecule has 1 saturated heterocycles.